The zero-order valence-corrected chi connectivity index (χ0v) is 27.3. The molecule has 0 fully saturated rings. The first-order chi connectivity index (χ1) is 21.8. The number of amides is 2. The van der Waals surface area contributed by atoms with Gasteiger partial charge in [-0.2, -0.15) is 0 Å². The maximum atomic E-state index is 12.8. The summed E-state index contributed by atoms with van der Waals surface area (Å²) in [5.41, 5.74) is 2.19. The van der Waals surface area contributed by atoms with Crippen LogP contribution in [-0.2, 0) is 22.4 Å². The number of carbonyl (C=O) groups excluding carboxylic acids is 2. The van der Waals surface area contributed by atoms with E-state index in [-0.39, 0.29) is 28.7 Å². The van der Waals surface area contributed by atoms with Crippen molar-refractivity contribution in [1.29, 1.82) is 0 Å². The second kappa shape index (κ2) is 12.0. The van der Waals surface area contributed by atoms with Gasteiger partial charge in [-0.1, -0.05) is 56.4 Å². The number of anilines is 2. The molecule has 7 rings (SSSR count). The van der Waals surface area contributed by atoms with Gasteiger partial charge in [0.25, 0.3) is 0 Å². The lowest BCUT2D eigenvalue weighted by atomic mass is 9.72. The SMILES string of the molecule is CC(C)(C)C1CCc2c(sc3c2c2nnc(SCC(=O)Nc4ccccn4)n2c2nnc(SCC(=O)Nc4ccccn4)n32)C1. The Balaban J connectivity index is 1.26. The Morgan fingerprint density at radius 2 is 1.51 bits per heavy atom. The Kier molecular flexibility index (Phi) is 7.91. The Morgan fingerprint density at radius 3 is 2.11 bits per heavy atom. The highest BCUT2D eigenvalue weighted by Crippen LogP contribution is 2.45. The second-order valence-electron chi connectivity index (χ2n) is 11.9. The highest BCUT2D eigenvalue weighted by atomic mass is 32.2. The number of nitrogens with one attached hydrogen (secondary N) is 2. The van der Waals surface area contributed by atoms with Crippen molar-refractivity contribution in [3.8, 4) is 0 Å². The van der Waals surface area contributed by atoms with E-state index in [2.05, 4.69) is 61.8 Å². The molecule has 45 heavy (non-hydrogen) atoms. The van der Waals surface area contributed by atoms with Crippen LogP contribution in [0.5, 0.6) is 0 Å². The highest BCUT2D eigenvalue weighted by molar-refractivity contribution is 8.00. The van der Waals surface area contributed by atoms with Gasteiger partial charge in [0.2, 0.25) is 17.6 Å². The van der Waals surface area contributed by atoms with Gasteiger partial charge in [-0.05, 0) is 60.4 Å². The third-order valence-electron chi connectivity index (χ3n) is 7.88. The number of carbonyl (C=O) groups is 2. The second-order valence-corrected chi connectivity index (χ2v) is 14.8. The van der Waals surface area contributed by atoms with Crippen molar-refractivity contribution < 1.29 is 9.59 Å². The van der Waals surface area contributed by atoms with Gasteiger partial charge in [-0.3, -0.25) is 9.59 Å². The van der Waals surface area contributed by atoms with Gasteiger partial charge in [-0.25, -0.2) is 18.8 Å². The number of nitrogens with zero attached hydrogens (tertiary/aromatic N) is 8. The summed E-state index contributed by atoms with van der Waals surface area (Å²) < 4.78 is 3.90. The lowest BCUT2D eigenvalue weighted by Gasteiger charge is -2.33. The Morgan fingerprint density at radius 1 is 0.889 bits per heavy atom. The minimum Gasteiger partial charge on any atom is -0.310 e. The fourth-order valence-corrected chi connectivity index (χ4v) is 8.51. The molecule has 0 spiro atoms. The first-order valence-corrected chi connectivity index (χ1v) is 17.3. The molecule has 230 valence electrons. The zero-order valence-electron chi connectivity index (χ0n) is 24.9. The smallest absolute Gasteiger partial charge is 0.245 e. The van der Waals surface area contributed by atoms with Crippen LogP contribution in [0.2, 0.25) is 0 Å². The van der Waals surface area contributed by atoms with Gasteiger partial charge in [0.15, 0.2) is 16.0 Å². The third kappa shape index (κ3) is 5.87. The van der Waals surface area contributed by atoms with Gasteiger partial charge >= 0.3 is 0 Å². The largest absolute Gasteiger partial charge is 0.310 e. The van der Waals surface area contributed by atoms with Crippen LogP contribution < -0.4 is 10.6 Å². The number of hydrogen-bond acceptors (Lipinski definition) is 11. The van der Waals surface area contributed by atoms with Crippen molar-refractivity contribution in [2.75, 3.05) is 22.1 Å². The molecule has 0 aromatic carbocycles. The maximum absolute atomic E-state index is 12.8. The van der Waals surface area contributed by atoms with Gasteiger partial charge in [0.1, 0.15) is 16.5 Å². The molecule has 6 heterocycles. The van der Waals surface area contributed by atoms with E-state index in [0.717, 1.165) is 29.5 Å². The number of rotatable bonds is 8. The standard InChI is InChI=1S/C30H30N10O2S3/c1-30(2,3)17-10-11-18-19(14-17)45-26-24(18)25-35-37-28(43-15-22(41)33-20-8-4-6-12-31-20)39(25)27-36-38-29(40(26)27)44-16-23(42)34-21-9-5-7-13-32-21/h4-9,12-13,17H,10-11,14-16H2,1-3H3,(H,31,33,41)(H,32,34,42). The Hall–Kier alpha value is -4.08. The summed E-state index contributed by atoms with van der Waals surface area (Å²) in [5, 5.41) is 26.0. The molecule has 1 atom stereocenters. The van der Waals surface area contributed by atoms with E-state index < -0.39 is 0 Å². The average Bonchev–Trinajstić information content (AvgIpc) is 3.74. The molecule has 1 aliphatic carbocycles. The lowest BCUT2D eigenvalue weighted by molar-refractivity contribution is -0.114. The zero-order chi connectivity index (χ0) is 31.1. The van der Waals surface area contributed by atoms with E-state index in [1.54, 1.807) is 48.0 Å². The monoisotopic (exact) mass is 658 g/mol. The van der Waals surface area contributed by atoms with Crippen LogP contribution in [0.25, 0.3) is 21.6 Å². The quantitative estimate of drug-likeness (QED) is 0.204. The first kappa shape index (κ1) is 29.6. The van der Waals surface area contributed by atoms with Crippen LogP contribution >= 0.6 is 34.9 Å². The van der Waals surface area contributed by atoms with Crippen molar-refractivity contribution >= 4 is 80.0 Å². The van der Waals surface area contributed by atoms with Gasteiger partial charge < -0.3 is 10.6 Å². The minimum atomic E-state index is -0.203. The summed E-state index contributed by atoms with van der Waals surface area (Å²) in [4.78, 5) is 36.3. The molecule has 0 aliphatic heterocycles. The minimum absolute atomic E-state index is 0.111. The van der Waals surface area contributed by atoms with E-state index in [1.807, 2.05) is 20.9 Å². The van der Waals surface area contributed by atoms with Crippen LogP contribution in [-0.4, -0.2) is 62.5 Å². The summed E-state index contributed by atoms with van der Waals surface area (Å²) in [5.74, 6) is 1.94. The molecule has 0 saturated heterocycles. The summed E-state index contributed by atoms with van der Waals surface area (Å²) in [7, 11) is 0. The molecule has 15 heteroatoms. The summed E-state index contributed by atoms with van der Waals surface area (Å²) in [6.45, 7) is 6.93. The van der Waals surface area contributed by atoms with E-state index in [4.69, 9.17) is 0 Å². The molecule has 2 N–H and O–H groups in total. The molecule has 0 saturated carbocycles. The summed E-state index contributed by atoms with van der Waals surface area (Å²) in [6, 6.07) is 10.7. The van der Waals surface area contributed by atoms with Gasteiger partial charge in [0, 0.05) is 17.3 Å². The number of fused-ring (bicyclic) bond motifs is 8. The molecule has 1 aliphatic rings. The topological polar surface area (TPSA) is 144 Å². The number of aryl methyl sites for hydroxylation is 1. The third-order valence-corrected chi connectivity index (χ3v) is 11.0. The molecule has 6 aromatic rings. The van der Waals surface area contributed by atoms with Crippen LogP contribution in [0.4, 0.5) is 11.6 Å². The number of pyridine rings is 2. The average molecular weight is 659 g/mol. The Bertz CT molecular complexity index is 2030. The van der Waals surface area contributed by atoms with Crippen molar-refractivity contribution in [2.45, 2.75) is 50.3 Å². The first-order valence-electron chi connectivity index (χ1n) is 14.5. The van der Waals surface area contributed by atoms with E-state index in [1.165, 1.54) is 34.0 Å². The Labute approximate surface area is 270 Å². The van der Waals surface area contributed by atoms with Gasteiger partial charge in [0.05, 0.1) is 16.9 Å². The van der Waals surface area contributed by atoms with Crippen molar-refractivity contribution in [1.82, 2.24) is 39.2 Å². The molecule has 2 amide bonds. The fraction of sp³-hybridized carbons (Fsp3) is 0.333. The van der Waals surface area contributed by atoms with Crippen molar-refractivity contribution in [3.63, 3.8) is 0 Å². The van der Waals surface area contributed by atoms with Crippen LogP contribution in [0.1, 0.15) is 37.6 Å². The highest BCUT2D eigenvalue weighted by Gasteiger charge is 2.33. The molecule has 12 nitrogen and oxygen atoms in total. The normalized spacial score (nSPS) is 15.0. The number of thiophene rings is 1. The predicted molar refractivity (Wildman–Crippen MR) is 177 cm³/mol. The maximum Gasteiger partial charge on any atom is 0.245 e. The number of thioether (sulfide) groups is 2. The van der Waals surface area contributed by atoms with Crippen LogP contribution in [0, 0.1) is 11.3 Å². The molecule has 6 aromatic heterocycles. The van der Waals surface area contributed by atoms with Crippen LogP contribution in [0.3, 0.4) is 0 Å². The van der Waals surface area contributed by atoms with Gasteiger partial charge in [-0.15, -0.1) is 31.7 Å². The molecular weight excluding hydrogens is 629 g/mol. The van der Waals surface area contributed by atoms with Crippen molar-refractivity contribution in [2.24, 2.45) is 11.3 Å². The van der Waals surface area contributed by atoms with Crippen molar-refractivity contribution in [3.05, 3.63) is 59.2 Å². The molecular formula is C30H30N10O2S3. The number of hydrogen-bond donors (Lipinski definition) is 2. The predicted octanol–water partition coefficient (Wildman–Crippen LogP) is 5.39. The summed E-state index contributed by atoms with van der Waals surface area (Å²) in [6.07, 6.45) is 6.29. The molecule has 0 radical (unpaired) electrons. The van der Waals surface area contributed by atoms with Crippen LogP contribution in [0.15, 0.2) is 59.1 Å². The lowest BCUT2D eigenvalue weighted by Crippen LogP contribution is -2.26. The molecule has 0 bridgehead atoms. The fourth-order valence-electron chi connectivity index (χ4n) is 5.57. The summed E-state index contributed by atoms with van der Waals surface area (Å²) >= 11 is 4.33. The molecule has 1 unspecified atom stereocenters. The van der Waals surface area contributed by atoms with E-state index in [9.17, 15) is 9.59 Å². The van der Waals surface area contributed by atoms with E-state index >= 15 is 0 Å². The number of aromatic nitrogens is 8. The van der Waals surface area contributed by atoms with E-state index in [0.29, 0.717) is 39.3 Å².